The Labute approximate surface area is 146 Å². The van der Waals surface area contributed by atoms with Crippen LogP contribution in [0.25, 0.3) is 0 Å². The Morgan fingerprint density at radius 2 is 1.92 bits per heavy atom. The molecule has 1 fully saturated rings. The molecule has 7 heteroatoms. The summed E-state index contributed by atoms with van der Waals surface area (Å²) in [5, 5.41) is 5.52. The number of ether oxygens (including phenoxy) is 1. The van der Waals surface area contributed by atoms with E-state index in [2.05, 4.69) is 10.6 Å². The van der Waals surface area contributed by atoms with Crippen molar-refractivity contribution in [3.05, 3.63) is 46.9 Å². The van der Waals surface area contributed by atoms with Gasteiger partial charge in [0.15, 0.2) is 0 Å². The molecule has 2 amide bonds. The third-order valence-electron chi connectivity index (χ3n) is 4.75. The molecule has 134 valence electrons. The number of quaternary nitrogens is 1. The van der Waals surface area contributed by atoms with Crippen molar-refractivity contribution in [3.8, 4) is 0 Å². The molecular formula is C18H23FN3O3+. The fourth-order valence-corrected chi connectivity index (χ4v) is 3.49. The van der Waals surface area contributed by atoms with E-state index in [0.29, 0.717) is 23.4 Å². The van der Waals surface area contributed by atoms with Crippen LogP contribution < -0.4 is 15.5 Å². The second-order valence-corrected chi connectivity index (χ2v) is 6.45. The van der Waals surface area contributed by atoms with Gasteiger partial charge in [0.25, 0.3) is 0 Å². The first-order valence-electron chi connectivity index (χ1n) is 8.56. The molecule has 0 bridgehead atoms. The van der Waals surface area contributed by atoms with Crippen LogP contribution in [0.3, 0.4) is 0 Å². The fraction of sp³-hybridized carbons (Fsp3) is 0.444. The predicted octanol–water partition coefficient (Wildman–Crippen LogP) is 0.676. The van der Waals surface area contributed by atoms with Crippen LogP contribution in [0.2, 0.25) is 0 Å². The number of hydrogen-bond donors (Lipinski definition) is 3. The average molecular weight is 348 g/mol. The van der Waals surface area contributed by atoms with Crippen LogP contribution in [-0.4, -0.2) is 38.7 Å². The monoisotopic (exact) mass is 348 g/mol. The van der Waals surface area contributed by atoms with Crippen molar-refractivity contribution in [1.29, 1.82) is 0 Å². The SMILES string of the molecule is COC(=O)C1=C(C[NH+]2CCCCC2)NC(=O)N[C@@H]1c1ccc(F)cc1. The highest BCUT2D eigenvalue weighted by Crippen LogP contribution is 2.27. The van der Waals surface area contributed by atoms with Crippen LogP contribution in [0, 0.1) is 5.82 Å². The number of amides is 2. The lowest BCUT2D eigenvalue weighted by Gasteiger charge is -2.31. The Kier molecular flexibility index (Phi) is 5.33. The van der Waals surface area contributed by atoms with Gasteiger partial charge in [-0.25, -0.2) is 14.0 Å². The maximum absolute atomic E-state index is 13.2. The lowest BCUT2D eigenvalue weighted by molar-refractivity contribution is -0.900. The molecule has 0 aliphatic carbocycles. The molecule has 0 saturated carbocycles. The molecular weight excluding hydrogens is 325 g/mol. The van der Waals surface area contributed by atoms with Crippen molar-refractivity contribution >= 4 is 12.0 Å². The molecule has 2 aliphatic rings. The molecule has 3 N–H and O–H groups in total. The molecule has 0 aromatic heterocycles. The van der Waals surface area contributed by atoms with Crippen molar-refractivity contribution in [2.24, 2.45) is 0 Å². The van der Waals surface area contributed by atoms with Gasteiger partial charge in [-0.05, 0) is 37.0 Å². The minimum Gasteiger partial charge on any atom is -0.466 e. The molecule has 0 spiro atoms. The van der Waals surface area contributed by atoms with Gasteiger partial charge in [0, 0.05) is 0 Å². The summed E-state index contributed by atoms with van der Waals surface area (Å²) in [5.41, 5.74) is 1.61. The van der Waals surface area contributed by atoms with Gasteiger partial charge in [-0.2, -0.15) is 0 Å². The highest BCUT2D eigenvalue weighted by molar-refractivity contribution is 5.95. The highest BCUT2D eigenvalue weighted by atomic mass is 19.1. The van der Waals surface area contributed by atoms with Gasteiger partial charge >= 0.3 is 12.0 Å². The summed E-state index contributed by atoms with van der Waals surface area (Å²) in [6, 6.07) is 4.75. The Balaban J connectivity index is 1.96. The molecule has 1 aromatic rings. The van der Waals surface area contributed by atoms with Crippen molar-refractivity contribution in [3.63, 3.8) is 0 Å². The first-order chi connectivity index (χ1) is 12.1. The lowest BCUT2D eigenvalue weighted by atomic mass is 9.94. The van der Waals surface area contributed by atoms with E-state index in [9.17, 15) is 14.0 Å². The summed E-state index contributed by atoms with van der Waals surface area (Å²) in [6.45, 7) is 2.60. The van der Waals surface area contributed by atoms with Gasteiger partial charge in [0.1, 0.15) is 12.4 Å². The summed E-state index contributed by atoms with van der Waals surface area (Å²) in [7, 11) is 1.32. The van der Waals surface area contributed by atoms with E-state index in [-0.39, 0.29) is 11.8 Å². The summed E-state index contributed by atoms with van der Waals surface area (Å²) in [6.07, 6.45) is 3.51. The van der Waals surface area contributed by atoms with Crippen LogP contribution in [0.5, 0.6) is 0 Å². The van der Waals surface area contributed by atoms with Crippen molar-refractivity contribution in [1.82, 2.24) is 10.6 Å². The summed E-state index contributed by atoms with van der Waals surface area (Å²) >= 11 is 0. The maximum Gasteiger partial charge on any atom is 0.338 e. The average Bonchev–Trinajstić information content (AvgIpc) is 2.62. The normalized spacial score (nSPS) is 21.5. The first-order valence-corrected chi connectivity index (χ1v) is 8.56. The third-order valence-corrected chi connectivity index (χ3v) is 4.75. The quantitative estimate of drug-likeness (QED) is 0.701. The number of piperidine rings is 1. The van der Waals surface area contributed by atoms with Gasteiger partial charge in [0.2, 0.25) is 0 Å². The molecule has 1 saturated heterocycles. The lowest BCUT2D eigenvalue weighted by Crippen LogP contribution is -3.13. The largest absolute Gasteiger partial charge is 0.466 e. The molecule has 2 aliphatic heterocycles. The van der Waals surface area contributed by atoms with Gasteiger partial charge in [-0.1, -0.05) is 12.1 Å². The van der Waals surface area contributed by atoms with E-state index in [1.54, 1.807) is 12.1 Å². The smallest absolute Gasteiger partial charge is 0.338 e. The van der Waals surface area contributed by atoms with Crippen LogP contribution >= 0.6 is 0 Å². The van der Waals surface area contributed by atoms with Crippen LogP contribution in [0.1, 0.15) is 30.9 Å². The molecule has 2 heterocycles. The second-order valence-electron chi connectivity index (χ2n) is 6.45. The number of esters is 1. The summed E-state index contributed by atoms with van der Waals surface area (Å²) in [5.74, 6) is -0.862. The number of carbonyl (C=O) groups excluding carboxylic acids is 2. The molecule has 25 heavy (non-hydrogen) atoms. The van der Waals surface area contributed by atoms with Crippen molar-refractivity contribution < 1.29 is 23.6 Å². The minimum atomic E-state index is -0.652. The predicted molar refractivity (Wildman–Crippen MR) is 89.3 cm³/mol. The third kappa shape index (κ3) is 3.99. The molecule has 6 nitrogen and oxygen atoms in total. The summed E-state index contributed by atoms with van der Waals surface area (Å²) < 4.78 is 18.2. The van der Waals surface area contributed by atoms with E-state index in [1.165, 1.54) is 30.6 Å². The van der Waals surface area contributed by atoms with Crippen molar-refractivity contribution in [2.45, 2.75) is 25.3 Å². The molecule has 1 atom stereocenters. The fourth-order valence-electron chi connectivity index (χ4n) is 3.49. The number of likely N-dealkylation sites (tertiary alicyclic amines) is 1. The minimum absolute atomic E-state index is 0.367. The number of carbonyl (C=O) groups is 2. The van der Waals surface area contributed by atoms with Crippen LogP contribution in [0.4, 0.5) is 9.18 Å². The molecule has 0 unspecified atom stereocenters. The number of benzene rings is 1. The van der Waals surface area contributed by atoms with Crippen LogP contribution in [-0.2, 0) is 9.53 Å². The molecule has 1 aromatic carbocycles. The Bertz CT molecular complexity index is 681. The van der Waals surface area contributed by atoms with E-state index in [4.69, 9.17) is 4.74 Å². The maximum atomic E-state index is 13.2. The van der Waals surface area contributed by atoms with E-state index < -0.39 is 12.0 Å². The van der Waals surface area contributed by atoms with Gasteiger partial charge in [-0.3, -0.25) is 0 Å². The zero-order chi connectivity index (χ0) is 17.8. The number of urea groups is 1. The molecule has 0 radical (unpaired) electrons. The number of hydrogen-bond acceptors (Lipinski definition) is 3. The standard InChI is InChI=1S/C18H22FN3O3/c1-25-17(23)15-14(11-22-9-3-2-4-10-22)20-18(24)21-16(15)12-5-7-13(19)8-6-12/h5-8,16H,2-4,9-11H2,1H3,(H2,20,21,24)/p+1/t16-/m1/s1. The van der Waals surface area contributed by atoms with Gasteiger partial charge in [0.05, 0.1) is 37.5 Å². The Morgan fingerprint density at radius 1 is 1.24 bits per heavy atom. The number of methoxy groups -OCH3 is 1. The Morgan fingerprint density at radius 3 is 2.56 bits per heavy atom. The number of nitrogens with one attached hydrogen (secondary N) is 3. The zero-order valence-corrected chi connectivity index (χ0v) is 14.2. The van der Waals surface area contributed by atoms with E-state index in [0.717, 1.165) is 25.9 Å². The zero-order valence-electron chi connectivity index (χ0n) is 14.2. The van der Waals surface area contributed by atoms with Gasteiger partial charge < -0.3 is 20.3 Å². The van der Waals surface area contributed by atoms with Gasteiger partial charge in [-0.15, -0.1) is 0 Å². The van der Waals surface area contributed by atoms with E-state index in [1.807, 2.05) is 0 Å². The first kappa shape index (κ1) is 17.4. The summed E-state index contributed by atoms with van der Waals surface area (Å²) in [4.78, 5) is 25.9. The van der Waals surface area contributed by atoms with Crippen LogP contribution in [0.15, 0.2) is 35.5 Å². The Hall–Kier alpha value is -2.41. The topological polar surface area (TPSA) is 71.9 Å². The number of halogens is 1. The van der Waals surface area contributed by atoms with Crippen molar-refractivity contribution in [2.75, 3.05) is 26.7 Å². The highest BCUT2D eigenvalue weighted by Gasteiger charge is 2.35. The van der Waals surface area contributed by atoms with E-state index >= 15 is 0 Å². The molecule has 3 rings (SSSR count). The number of rotatable bonds is 4. The second kappa shape index (κ2) is 7.65.